The van der Waals surface area contributed by atoms with Gasteiger partial charge < -0.3 is 14.4 Å². The molecule has 100 valence electrons. The highest BCUT2D eigenvalue weighted by atomic mass is 16.5. The molecule has 1 atom stereocenters. The molecule has 1 aliphatic rings. The molecule has 0 aromatic heterocycles. The van der Waals surface area contributed by atoms with Crippen molar-refractivity contribution in [2.75, 3.05) is 14.2 Å². The summed E-state index contributed by atoms with van der Waals surface area (Å²) >= 11 is 0. The molecule has 5 heteroatoms. The number of hydrogen-bond donors (Lipinski definition) is 0. The Bertz CT molecular complexity index is 409. The van der Waals surface area contributed by atoms with E-state index in [0.717, 1.165) is 0 Å². The van der Waals surface area contributed by atoms with Crippen molar-refractivity contribution >= 4 is 11.9 Å². The smallest absolute Gasteiger partial charge is 0.355 e. The van der Waals surface area contributed by atoms with Crippen LogP contribution in [0.5, 0.6) is 0 Å². The van der Waals surface area contributed by atoms with E-state index in [0.29, 0.717) is 5.57 Å². The van der Waals surface area contributed by atoms with Gasteiger partial charge in [0.1, 0.15) is 5.70 Å². The molecular formula is C13H19NO4. The van der Waals surface area contributed by atoms with Crippen LogP contribution in [-0.4, -0.2) is 37.1 Å². The van der Waals surface area contributed by atoms with Gasteiger partial charge in [-0.25, -0.2) is 9.59 Å². The van der Waals surface area contributed by atoms with Crippen molar-refractivity contribution in [3.05, 3.63) is 23.5 Å². The monoisotopic (exact) mass is 253 g/mol. The summed E-state index contributed by atoms with van der Waals surface area (Å²) in [5.74, 6) is -1.21. The fourth-order valence-corrected chi connectivity index (χ4v) is 1.88. The second-order valence-corrected chi connectivity index (χ2v) is 4.38. The summed E-state index contributed by atoms with van der Waals surface area (Å²) in [5, 5.41) is 0. The second-order valence-electron chi connectivity index (χ2n) is 4.38. The van der Waals surface area contributed by atoms with Gasteiger partial charge in [0, 0.05) is 18.2 Å². The van der Waals surface area contributed by atoms with E-state index in [9.17, 15) is 9.59 Å². The molecule has 18 heavy (non-hydrogen) atoms. The van der Waals surface area contributed by atoms with E-state index in [1.54, 1.807) is 11.1 Å². The lowest BCUT2D eigenvalue weighted by atomic mass is 9.94. The zero-order valence-electron chi connectivity index (χ0n) is 11.4. The van der Waals surface area contributed by atoms with E-state index in [-0.39, 0.29) is 17.7 Å². The van der Waals surface area contributed by atoms with E-state index in [4.69, 9.17) is 9.47 Å². The van der Waals surface area contributed by atoms with Crippen molar-refractivity contribution in [2.45, 2.75) is 26.8 Å². The van der Waals surface area contributed by atoms with Crippen molar-refractivity contribution in [1.82, 2.24) is 4.90 Å². The van der Waals surface area contributed by atoms with E-state index in [2.05, 4.69) is 0 Å². The van der Waals surface area contributed by atoms with Crippen LogP contribution in [0.15, 0.2) is 23.5 Å². The van der Waals surface area contributed by atoms with Crippen LogP contribution < -0.4 is 0 Å². The van der Waals surface area contributed by atoms with Gasteiger partial charge in [0.05, 0.1) is 19.8 Å². The Kier molecular flexibility index (Phi) is 4.53. The van der Waals surface area contributed by atoms with Gasteiger partial charge in [0.25, 0.3) is 0 Å². The molecule has 1 aliphatic heterocycles. The lowest BCUT2D eigenvalue weighted by molar-refractivity contribution is -0.141. The first kappa shape index (κ1) is 14.3. The van der Waals surface area contributed by atoms with E-state index in [1.807, 2.05) is 26.8 Å². The minimum absolute atomic E-state index is 0.0440. The van der Waals surface area contributed by atoms with Crippen LogP contribution in [0.2, 0.25) is 0 Å². The number of rotatable bonds is 3. The fraction of sp³-hybridized carbons (Fsp3) is 0.538. The number of esters is 2. The summed E-state index contributed by atoms with van der Waals surface area (Å²) in [6, 6.07) is 0.0440. The summed E-state index contributed by atoms with van der Waals surface area (Å²) in [6.45, 7) is 5.69. The first-order valence-electron chi connectivity index (χ1n) is 5.81. The number of carbonyl (C=O) groups is 2. The molecule has 0 saturated heterocycles. The van der Waals surface area contributed by atoms with Crippen LogP contribution in [0.25, 0.3) is 0 Å². The average Bonchev–Trinajstić information content (AvgIpc) is 2.36. The highest BCUT2D eigenvalue weighted by Crippen LogP contribution is 2.28. The number of nitrogens with zero attached hydrogens (tertiary/aromatic N) is 1. The minimum Gasteiger partial charge on any atom is -0.466 e. The summed E-state index contributed by atoms with van der Waals surface area (Å²) in [5.41, 5.74) is 0.593. The first-order valence-corrected chi connectivity index (χ1v) is 5.81. The summed E-state index contributed by atoms with van der Waals surface area (Å²) in [4.78, 5) is 25.4. The van der Waals surface area contributed by atoms with Crippen molar-refractivity contribution in [1.29, 1.82) is 0 Å². The predicted octanol–water partition coefficient (Wildman–Crippen LogP) is 1.46. The van der Waals surface area contributed by atoms with Gasteiger partial charge in [-0.1, -0.05) is 13.0 Å². The fourth-order valence-electron chi connectivity index (χ4n) is 1.88. The summed E-state index contributed by atoms with van der Waals surface area (Å²) in [6.07, 6.45) is 3.66. The van der Waals surface area contributed by atoms with Gasteiger partial charge in [0.15, 0.2) is 0 Å². The highest BCUT2D eigenvalue weighted by Gasteiger charge is 2.33. The van der Waals surface area contributed by atoms with Gasteiger partial charge in [-0.05, 0) is 13.8 Å². The number of hydrogen-bond acceptors (Lipinski definition) is 5. The zero-order chi connectivity index (χ0) is 13.9. The van der Waals surface area contributed by atoms with Crippen LogP contribution in [-0.2, 0) is 19.1 Å². The molecule has 0 radical (unpaired) electrons. The van der Waals surface area contributed by atoms with Crippen LogP contribution in [0.3, 0.4) is 0 Å². The lowest BCUT2D eigenvalue weighted by Gasteiger charge is -2.32. The Labute approximate surface area is 107 Å². The van der Waals surface area contributed by atoms with E-state index in [1.165, 1.54) is 14.2 Å². The molecule has 0 unspecified atom stereocenters. The van der Waals surface area contributed by atoms with Gasteiger partial charge >= 0.3 is 11.9 Å². The maximum absolute atomic E-state index is 11.9. The second kappa shape index (κ2) is 5.71. The molecule has 0 amide bonds. The summed E-state index contributed by atoms with van der Waals surface area (Å²) < 4.78 is 9.51. The average molecular weight is 253 g/mol. The largest absolute Gasteiger partial charge is 0.466 e. The molecule has 0 aromatic carbocycles. The Hall–Kier alpha value is -1.78. The van der Waals surface area contributed by atoms with Crippen molar-refractivity contribution in [2.24, 2.45) is 5.92 Å². The van der Waals surface area contributed by atoms with Gasteiger partial charge in [0.2, 0.25) is 0 Å². The molecule has 1 heterocycles. The predicted molar refractivity (Wildman–Crippen MR) is 66.3 cm³/mol. The molecule has 5 nitrogen and oxygen atoms in total. The number of carbonyl (C=O) groups excluding carboxylic acids is 2. The Morgan fingerprint density at radius 1 is 1.22 bits per heavy atom. The minimum atomic E-state index is -0.527. The van der Waals surface area contributed by atoms with Gasteiger partial charge in [-0.3, -0.25) is 0 Å². The van der Waals surface area contributed by atoms with Crippen LogP contribution >= 0.6 is 0 Å². The maximum Gasteiger partial charge on any atom is 0.355 e. The van der Waals surface area contributed by atoms with Gasteiger partial charge in [-0.2, -0.15) is 0 Å². The van der Waals surface area contributed by atoms with Crippen LogP contribution in [0, 0.1) is 5.92 Å². The Balaban J connectivity index is 3.35. The third-order valence-corrected chi connectivity index (χ3v) is 2.84. The number of methoxy groups -OCH3 is 2. The van der Waals surface area contributed by atoms with Crippen molar-refractivity contribution in [3.8, 4) is 0 Å². The maximum atomic E-state index is 11.9. The lowest BCUT2D eigenvalue weighted by Crippen LogP contribution is -2.36. The highest BCUT2D eigenvalue weighted by molar-refractivity contribution is 6.01. The third-order valence-electron chi connectivity index (χ3n) is 2.84. The molecule has 0 aliphatic carbocycles. The van der Waals surface area contributed by atoms with E-state index < -0.39 is 11.9 Å². The third kappa shape index (κ3) is 2.55. The summed E-state index contributed by atoms with van der Waals surface area (Å²) in [7, 11) is 2.60. The van der Waals surface area contributed by atoms with Crippen molar-refractivity contribution < 1.29 is 19.1 Å². The molecule has 0 spiro atoms. The Morgan fingerprint density at radius 2 is 1.78 bits per heavy atom. The molecule has 0 saturated carbocycles. The quantitative estimate of drug-likeness (QED) is 0.713. The first-order chi connectivity index (χ1) is 8.43. The SMILES string of the molecule is COC(=O)C1=C(C(=O)OC)N(C(C)C)C=C[C@@H]1C. The number of allylic oxidation sites excluding steroid dienone is 1. The molecule has 0 N–H and O–H groups in total. The van der Waals surface area contributed by atoms with Crippen molar-refractivity contribution in [3.63, 3.8) is 0 Å². The van der Waals surface area contributed by atoms with Gasteiger partial charge in [-0.15, -0.1) is 0 Å². The van der Waals surface area contributed by atoms with Crippen LogP contribution in [0.1, 0.15) is 20.8 Å². The van der Waals surface area contributed by atoms with Crippen LogP contribution in [0.4, 0.5) is 0 Å². The number of ether oxygens (including phenoxy) is 2. The zero-order valence-corrected chi connectivity index (χ0v) is 11.4. The standard InChI is InChI=1S/C13H19NO4/c1-8(2)14-7-6-9(3)10(12(15)17-4)11(14)13(16)18-5/h6-9H,1-5H3/t9-/m0/s1. The molecule has 1 rings (SSSR count). The molecule has 0 bridgehead atoms. The topological polar surface area (TPSA) is 55.8 Å². The molecule has 0 aromatic rings. The molecular weight excluding hydrogens is 234 g/mol. The van der Waals surface area contributed by atoms with E-state index >= 15 is 0 Å². The normalized spacial score (nSPS) is 19.2. The Morgan fingerprint density at radius 3 is 2.22 bits per heavy atom. The molecule has 0 fully saturated rings.